The number of benzene rings is 1. The Morgan fingerprint density at radius 3 is 2.70 bits per heavy atom. The molecule has 0 aliphatic carbocycles. The molecule has 2 saturated heterocycles. The van der Waals surface area contributed by atoms with Gasteiger partial charge in [-0.15, -0.1) is 0 Å². The van der Waals surface area contributed by atoms with Gasteiger partial charge in [0.2, 0.25) is 11.8 Å². The predicted molar refractivity (Wildman–Crippen MR) is 74.7 cm³/mol. The first-order valence-electron chi connectivity index (χ1n) is 6.93. The van der Waals surface area contributed by atoms with Crippen LogP contribution in [-0.2, 0) is 9.59 Å². The Hall–Kier alpha value is -2.04. The van der Waals surface area contributed by atoms with Crippen LogP contribution in [0.25, 0.3) is 0 Å². The molecule has 1 aromatic carbocycles. The van der Waals surface area contributed by atoms with Crippen LogP contribution >= 0.6 is 0 Å². The van der Waals surface area contributed by atoms with Crippen molar-refractivity contribution in [3.8, 4) is 5.75 Å². The van der Waals surface area contributed by atoms with Crippen LogP contribution in [0.2, 0.25) is 0 Å². The van der Waals surface area contributed by atoms with Gasteiger partial charge in [0.15, 0.2) is 0 Å². The second kappa shape index (κ2) is 5.15. The van der Waals surface area contributed by atoms with Crippen LogP contribution in [0.1, 0.15) is 12.8 Å². The van der Waals surface area contributed by atoms with E-state index in [2.05, 4.69) is 0 Å². The second-order valence-electron chi connectivity index (χ2n) is 5.26. The van der Waals surface area contributed by atoms with Crippen LogP contribution in [0.15, 0.2) is 24.3 Å². The zero-order chi connectivity index (χ0) is 14.1. The molecule has 2 aliphatic rings. The van der Waals surface area contributed by atoms with Crippen LogP contribution in [0, 0.1) is 5.92 Å². The minimum atomic E-state index is -0.215. The number of rotatable bonds is 3. The average Bonchev–Trinajstić information content (AvgIpc) is 2.78. The minimum absolute atomic E-state index is 0.00614. The fraction of sp³-hybridized carbons (Fsp3) is 0.467. The van der Waals surface area contributed by atoms with Gasteiger partial charge in [-0.1, -0.05) is 12.1 Å². The standard InChI is InChI=1S/C15H18N2O3/c1-20-13-6-3-2-5-12(13)17-10-11(9-14(17)18)15(19)16-7-4-8-16/h2-3,5-6,11H,4,7-10H2,1H3. The van der Waals surface area contributed by atoms with Crippen LogP contribution in [-0.4, -0.2) is 43.5 Å². The number of amides is 2. The molecule has 2 amide bonds. The molecule has 1 aromatic rings. The number of para-hydroxylation sites is 2. The van der Waals surface area contributed by atoms with Crippen LogP contribution < -0.4 is 9.64 Å². The van der Waals surface area contributed by atoms with Crippen molar-refractivity contribution in [3.05, 3.63) is 24.3 Å². The van der Waals surface area contributed by atoms with E-state index in [9.17, 15) is 9.59 Å². The predicted octanol–water partition coefficient (Wildman–Crippen LogP) is 1.28. The summed E-state index contributed by atoms with van der Waals surface area (Å²) in [5.74, 6) is 0.556. The van der Waals surface area contributed by atoms with Gasteiger partial charge in [-0.2, -0.15) is 0 Å². The third kappa shape index (κ3) is 2.13. The first-order valence-corrected chi connectivity index (χ1v) is 6.93. The second-order valence-corrected chi connectivity index (χ2v) is 5.26. The smallest absolute Gasteiger partial charge is 0.228 e. The van der Waals surface area contributed by atoms with Crippen molar-refractivity contribution in [1.82, 2.24) is 4.90 Å². The van der Waals surface area contributed by atoms with Crippen LogP contribution in [0.5, 0.6) is 5.75 Å². The van der Waals surface area contributed by atoms with Gasteiger partial charge < -0.3 is 14.5 Å². The Morgan fingerprint density at radius 1 is 1.30 bits per heavy atom. The van der Waals surface area contributed by atoms with Gasteiger partial charge in [-0.05, 0) is 18.6 Å². The van der Waals surface area contributed by atoms with Crippen molar-refractivity contribution in [2.45, 2.75) is 12.8 Å². The van der Waals surface area contributed by atoms with E-state index in [0.717, 1.165) is 25.2 Å². The Bertz CT molecular complexity index is 540. The molecule has 0 saturated carbocycles. The number of carbonyl (C=O) groups excluding carboxylic acids is 2. The van der Waals surface area contributed by atoms with E-state index in [-0.39, 0.29) is 17.7 Å². The third-order valence-corrected chi connectivity index (χ3v) is 4.02. The lowest BCUT2D eigenvalue weighted by molar-refractivity contribution is -0.139. The number of hydrogen-bond donors (Lipinski definition) is 0. The molecule has 3 rings (SSSR count). The Labute approximate surface area is 118 Å². The first-order chi connectivity index (χ1) is 9.70. The molecule has 0 spiro atoms. The van der Waals surface area contributed by atoms with Crippen LogP contribution in [0.3, 0.4) is 0 Å². The summed E-state index contributed by atoms with van der Waals surface area (Å²) >= 11 is 0. The average molecular weight is 274 g/mol. The molecule has 20 heavy (non-hydrogen) atoms. The van der Waals surface area contributed by atoms with Crippen molar-refractivity contribution >= 4 is 17.5 Å². The van der Waals surface area contributed by atoms with E-state index in [0.29, 0.717) is 18.7 Å². The van der Waals surface area contributed by atoms with Crippen molar-refractivity contribution < 1.29 is 14.3 Å². The monoisotopic (exact) mass is 274 g/mol. The van der Waals surface area contributed by atoms with E-state index in [1.165, 1.54) is 0 Å². The number of nitrogens with zero attached hydrogens (tertiary/aromatic N) is 2. The molecule has 5 heteroatoms. The highest BCUT2D eigenvalue weighted by Crippen LogP contribution is 2.33. The van der Waals surface area contributed by atoms with Crippen molar-refractivity contribution in [2.75, 3.05) is 31.6 Å². The Balaban J connectivity index is 1.78. The fourth-order valence-electron chi connectivity index (χ4n) is 2.75. The summed E-state index contributed by atoms with van der Waals surface area (Å²) in [6.45, 7) is 2.12. The molecule has 2 heterocycles. The third-order valence-electron chi connectivity index (χ3n) is 4.02. The molecule has 0 bridgehead atoms. The number of ether oxygens (including phenoxy) is 1. The van der Waals surface area contributed by atoms with Gasteiger partial charge in [0.1, 0.15) is 5.75 Å². The topological polar surface area (TPSA) is 49.9 Å². The van der Waals surface area contributed by atoms with E-state index in [1.807, 2.05) is 29.2 Å². The minimum Gasteiger partial charge on any atom is -0.495 e. The molecule has 2 fully saturated rings. The van der Waals surface area contributed by atoms with E-state index >= 15 is 0 Å². The normalized spacial score (nSPS) is 21.9. The fourth-order valence-corrected chi connectivity index (χ4v) is 2.75. The molecule has 0 N–H and O–H groups in total. The van der Waals surface area contributed by atoms with Gasteiger partial charge in [0.05, 0.1) is 18.7 Å². The zero-order valence-electron chi connectivity index (χ0n) is 11.5. The number of likely N-dealkylation sites (tertiary alicyclic amines) is 1. The summed E-state index contributed by atoms with van der Waals surface area (Å²) in [7, 11) is 1.59. The van der Waals surface area contributed by atoms with Gasteiger partial charge >= 0.3 is 0 Å². The molecular weight excluding hydrogens is 256 g/mol. The summed E-state index contributed by atoms with van der Waals surface area (Å²) < 4.78 is 5.29. The maximum absolute atomic E-state index is 12.2. The highest BCUT2D eigenvalue weighted by atomic mass is 16.5. The SMILES string of the molecule is COc1ccccc1N1CC(C(=O)N2CCC2)CC1=O. The summed E-state index contributed by atoms with van der Waals surface area (Å²) in [5, 5.41) is 0. The lowest BCUT2D eigenvalue weighted by Crippen LogP contribution is -2.45. The first kappa shape index (κ1) is 13.0. The van der Waals surface area contributed by atoms with Crippen molar-refractivity contribution in [3.63, 3.8) is 0 Å². The maximum Gasteiger partial charge on any atom is 0.228 e. The van der Waals surface area contributed by atoms with Gasteiger partial charge in [0, 0.05) is 26.1 Å². The van der Waals surface area contributed by atoms with Crippen LogP contribution in [0.4, 0.5) is 5.69 Å². The summed E-state index contributed by atoms with van der Waals surface area (Å²) in [6.07, 6.45) is 1.37. The van der Waals surface area contributed by atoms with Crippen molar-refractivity contribution in [2.24, 2.45) is 5.92 Å². The lowest BCUT2D eigenvalue weighted by Gasteiger charge is -2.33. The number of anilines is 1. The quantitative estimate of drug-likeness (QED) is 0.834. The van der Waals surface area contributed by atoms with E-state index in [4.69, 9.17) is 4.74 Å². The zero-order valence-corrected chi connectivity index (χ0v) is 11.5. The van der Waals surface area contributed by atoms with E-state index < -0.39 is 0 Å². The molecule has 0 radical (unpaired) electrons. The molecule has 1 unspecified atom stereocenters. The largest absolute Gasteiger partial charge is 0.495 e. The molecule has 2 aliphatic heterocycles. The van der Waals surface area contributed by atoms with Crippen molar-refractivity contribution in [1.29, 1.82) is 0 Å². The molecule has 1 atom stereocenters. The lowest BCUT2D eigenvalue weighted by atomic mass is 10.0. The summed E-state index contributed by atoms with van der Waals surface area (Å²) in [4.78, 5) is 27.9. The Kier molecular flexibility index (Phi) is 3.34. The van der Waals surface area contributed by atoms with E-state index in [1.54, 1.807) is 12.0 Å². The number of hydrogen-bond acceptors (Lipinski definition) is 3. The van der Waals surface area contributed by atoms with Gasteiger partial charge in [-0.3, -0.25) is 9.59 Å². The number of carbonyl (C=O) groups is 2. The molecule has 106 valence electrons. The molecular formula is C15H18N2O3. The highest BCUT2D eigenvalue weighted by Gasteiger charge is 2.39. The number of methoxy groups -OCH3 is 1. The molecule has 0 aromatic heterocycles. The van der Waals surface area contributed by atoms with Gasteiger partial charge in [-0.25, -0.2) is 0 Å². The summed E-state index contributed by atoms with van der Waals surface area (Å²) in [5.41, 5.74) is 0.749. The Morgan fingerprint density at radius 2 is 2.05 bits per heavy atom. The highest BCUT2D eigenvalue weighted by molar-refractivity contribution is 6.01. The van der Waals surface area contributed by atoms with Gasteiger partial charge in [0.25, 0.3) is 0 Å². The maximum atomic E-state index is 12.2. The molecule has 5 nitrogen and oxygen atoms in total. The summed E-state index contributed by atoms with van der Waals surface area (Å²) in [6, 6.07) is 7.42.